The van der Waals surface area contributed by atoms with Gasteiger partial charge in [-0.3, -0.25) is 0 Å². The molecule has 0 heterocycles. The van der Waals surface area contributed by atoms with Gasteiger partial charge in [0.05, 0.1) is 0 Å². The SMILES string of the molecule is COCOc1ccc(NC2(OC)CC2)cc1[N+](C)([O-])O. The number of rotatable bonds is 7. The van der Waals surface area contributed by atoms with E-state index in [1.165, 1.54) is 7.11 Å². The van der Waals surface area contributed by atoms with Crippen molar-refractivity contribution in [1.29, 1.82) is 0 Å². The van der Waals surface area contributed by atoms with Gasteiger partial charge in [-0.2, -0.15) is 4.81 Å². The number of nitrogens with zero attached hydrogens (tertiary/aromatic N) is 1. The minimum absolute atomic E-state index is 0.00177. The van der Waals surface area contributed by atoms with Crippen LogP contribution in [0.3, 0.4) is 0 Å². The van der Waals surface area contributed by atoms with Crippen LogP contribution in [0.5, 0.6) is 5.75 Å². The fraction of sp³-hybridized carbons (Fsp3) is 0.538. The predicted octanol–water partition coefficient (Wildman–Crippen LogP) is 2.04. The van der Waals surface area contributed by atoms with Crippen molar-refractivity contribution in [2.75, 3.05) is 33.4 Å². The van der Waals surface area contributed by atoms with Crippen molar-refractivity contribution in [3.8, 4) is 5.75 Å². The Kier molecular flexibility index (Phi) is 4.17. The zero-order valence-corrected chi connectivity index (χ0v) is 11.9. The van der Waals surface area contributed by atoms with Crippen LogP contribution in [0.1, 0.15) is 12.8 Å². The van der Waals surface area contributed by atoms with Crippen LogP contribution in [0.25, 0.3) is 0 Å². The summed E-state index contributed by atoms with van der Waals surface area (Å²) in [7, 11) is 4.23. The molecule has 0 aliphatic heterocycles. The summed E-state index contributed by atoms with van der Waals surface area (Å²) in [6.07, 6.45) is 1.81. The van der Waals surface area contributed by atoms with Gasteiger partial charge in [0.25, 0.3) is 0 Å². The quantitative estimate of drug-likeness (QED) is 0.453. The Morgan fingerprint density at radius 2 is 2.10 bits per heavy atom. The van der Waals surface area contributed by atoms with Crippen LogP contribution in [0.2, 0.25) is 0 Å². The van der Waals surface area contributed by atoms with Gasteiger partial charge in [0, 0.05) is 26.0 Å². The lowest BCUT2D eigenvalue weighted by molar-refractivity contribution is -0.0104. The highest BCUT2D eigenvalue weighted by Crippen LogP contribution is 2.41. The molecule has 1 saturated carbocycles. The monoisotopic (exact) mass is 284 g/mol. The summed E-state index contributed by atoms with van der Waals surface area (Å²) >= 11 is 0. The van der Waals surface area contributed by atoms with Gasteiger partial charge in [-0.05, 0) is 25.0 Å². The number of ether oxygens (including phenoxy) is 3. The van der Waals surface area contributed by atoms with E-state index in [1.807, 2.05) is 0 Å². The van der Waals surface area contributed by atoms with E-state index in [1.54, 1.807) is 25.3 Å². The Bertz CT molecular complexity index is 468. The molecule has 7 nitrogen and oxygen atoms in total. The molecule has 0 spiro atoms. The molecule has 0 saturated heterocycles. The van der Waals surface area contributed by atoms with Crippen molar-refractivity contribution < 1.29 is 19.4 Å². The largest absolute Gasteiger partial charge is 0.593 e. The smallest absolute Gasteiger partial charge is 0.209 e. The molecule has 1 aliphatic rings. The second kappa shape index (κ2) is 5.55. The zero-order chi connectivity index (χ0) is 14.8. The maximum Gasteiger partial charge on any atom is 0.209 e. The van der Waals surface area contributed by atoms with E-state index < -0.39 is 4.81 Å². The van der Waals surface area contributed by atoms with Crippen LogP contribution in [0.15, 0.2) is 18.2 Å². The number of quaternary nitrogens is 1. The van der Waals surface area contributed by atoms with E-state index in [2.05, 4.69) is 5.32 Å². The summed E-state index contributed by atoms with van der Waals surface area (Å²) in [5, 5.41) is 24.7. The van der Waals surface area contributed by atoms with Crippen molar-refractivity contribution >= 4 is 11.4 Å². The lowest BCUT2D eigenvalue weighted by atomic mass is 10.2. The number of methoxy groups -OCH3 is 2. The molecule has 1 aliphatic carbocycles. The van der Waals surface area contributed by atoms with Crippen LogP contribution in [0, 0.1) is 5.21 Å². The van der Waals surface area contributed by atoms with Crippen LogP contribution >= 0.6 is 0 Å². The number of nitrogens with one attached hydrogen (secondary N) is 1. The highest BCUT2D eigenvalue weighted by atomic mass is 16.8. The first kappa shape index (κ1) is 15.0. The van der Waals surface area contributed by atoms with Gasteiger partial charge in [-0.25, -0.2) is 5.21 Å². The lowest BCUT2D eigenvalue weighted by Gasteiger charge is -2.30. The molecule has 1 unspecified atom stereocenters. The molecule has 1 aromatic carbocycles. The molecule has 2 N–H and O–H groups in total. The third kappa shape index (κ3) is 3.38. The maximum atomic E-state index is 11.8. The molecule has 1 fully saturated rings. The minimum atomic E-state index is -1.57. The van der Waals surface area contributed by atoms with Crippen molar-refractivity contribution in [2.24, 2.45) is 0 Å². The second-order valence-corrected chi connectivity index (χ2v) is 4.94. The van der Waals surface area contributed by atoms with Crippen molar-refractivity contribution in [3.63, 3.8) is 0 Å². The van der Waals surface area contributed by atoms with E-state index in [9.17, 15) is 10.4 Å². The van der Waals surface area contributed by atoms with E-state index in [-0.39, 0.29) is 24.0 Å². The molecular formula is C13H20N2O5. The van der Waals surface area contributed by atoms with Crippen LogP contribution < -0.4 is 14.9 Å². The van der Waals surface area contributed by atoms with E-state index in [0.717, 1.165) is 19.9 Å². The standard InChI is InChI=1S/C13H20N2O5/c1-15(16,17)11-8-10(14-13(19-3)6-7-13)4-5-12(11)20-9-18-2/h4-5,8,14,16H,6-7,9H2,1-3H3. The molecule has 1 aromatic rings. The molecular weight excluding hydrogens is 264 g/mol. The molecule has 0 bridgehead atoms. The first-order valence-corrected chi connectivity index (χ1v) is 6.30. The van der Waals surface area contributed by atoms with Crippen molar-refractivity contribution in [1.82, 2.24) is 4.81 Å². The summed E-state index contributed by atoms with van der Waals surface area (Å²) in [4.78, 5) is -1.57. The summed E-state index contributed by atoms with van der Waals surface area (Å²) in [5.74, 6) is 0.277. The van der Waals surface area contributed by atoms with Gasteiger partial charge in [0.2, 0.25) is 5.69 Å². The third-order valence-corrected chi connectivity index (χ3v) is 3.21. The molecule has 1 atom stereocenters. The Morgan fingerprint density at radius 1 is 1.40 bits per heavy atom. The van der Waals surface area contributed by atoms with E-state index >= 15 is 0 Å². The molecule has 112 valence electrons. The molecule has 20 heavy (non-hydrogen) atoms. The molecule has 0 radical (unpaired) electrons. The lowest BCUT2D eigenvalue weighted by Crippen LogP contribution is -2.34. The van der Waals surface area contributed by atoms with Crippen molar-refractivity contribution in [3.05, 3.63) is 23.4 Å². The number of hydrogen-bond donors (Lipinski definition) is 2. The average Bonchev–Trinajstić information content (AvgIpc) is 3.16. The Labute approximate surface area is 117 Å². The summed E-state index contributed by atoms with van der Waals surface area (Å²) in [6, 6.07) is 4.94. The Morgan fingerprint density at radius 3 is 2.60 bits per heavy atom. The molecule has 2 rings (SSSR count). The highest BCUT2D eigenvalue weighted by Gasteiger charge is 2.43. The van der Waals surface area contributed by atoms with Gasteiger partial charge in [-0.1, -0.05) is 0 Å². The average molecular weight is 284 g/mol. The summed E-state index contributed by atoms with van der Waals surface area (Å²) in [5.41, 5.74) is 0.436. The fourth-order valence-corrected chi connectivity index (χ4v) is 1.92. The first-order chi connectivity index (χ1) is 9.40. The normalized spacial score (nSPS) is 19.2. The number of anilines is 1. The van der Waals surface area contributed by atoms with E-state index in [4.69, 9.17) is 14.2 Å². The van der Waals surface area contributed by atoms with Gasteiger partial charge in [-0.15, -0.1) is 0 Å². The van der Waals surface area contributed by atoms with Crippen LogP contribution in [-0.4, -0.2) is 39.0 Å². The zero-order valence-electron chi connectivity index (χ0n) is 11.9. The second-order valence-electron chi connectivity index (χ2n) is 4.94. The maximum absolute atomic E-state index is 11.8. The number of hydrogen-bond acceptors (Lipinski definition) is 6. The first-order valence-electron chi connectivity index (χ1n) is 6.30. The highest BCUT2D eigenvalue weighted by molar-refractivity contribution is 5.64. The summed E-state index contributed by atoms with van der Waals surface area (Å²) in [6.45, 7) is 0.00177. The number of benzene rings is 1. The predicted molar refractivity (Wildman–Crippen MR) is 74.4 cm³/mol. The van der Waals surface area contributed by atoms with Crippen molar-refractivity contribution in [2.45, 2.75) is 18.6 Å². The minimum Gasteiger partial charge on any atom is -0.593 e. The third-order valence-electron chi connectivity index (χ3n) is 3.21. The summed E-state index contributed by atoms with van der Waals surface area (Å²) < 4.78 is 15.5. The van der Waals surface area contributed by atoms with Gasteiger partial charge < -0.3 is 24.7 Å². The molecule has 7 heteroatoms. The Balaban J connectivity index is 2.24. The molecule has 0 aromatic heterocycles. The van der Waals surface area contributed by atoms with Crippen LogP contribution in [-0.2, 0) is 9.47 Å². The van der Waals surface area contributed by atoms with Gasteiger partial charge in [0.1, 0.15) is 12.8 Å². The fourth-order valence-electron chi connectivity index (χ4n) is 1.92. The topological polar surface area (TPSA) is 83.0 Å². The van der Waals surface area contributed by atoms with E-state index in [0.29, 0.717) is 5.69 Å². The Hall–Kier alpha value is -1.38. The number of hydroxylamine groups is 2. The molecule has 0 amide bonds. The van der Waals surface area contributed by atoms with Crippen LogP contribution in [0.4, 0.5) is 11.4 Å². The van der Waals surface area contributed by atoms with Gasteiger partial charge in [0.15, 0.2) is 12.5 Å². The van der Waals surface area contributed by atoms with Gasteiger partial charge >= 0.3 is 0 Å².